The van der Waals surface area contributed by atoms with Crippen molar-refractivity contribution < 1.29 is 19.4 Å². The number of hydrogen-bond donors (Lipinski definition) is 1. The second-order valence-corrected chi connectivity index (χ2v) is 9.73. The Hall–Kier alpha value is -3.19. The molecular formula is C28H35N3O4. The van der Waals surface area contributed by atoms with Crippen LogP contribution in [0, 0.1) is 5.92 Å². The topological polar surface area (TPSA) is 83.0 Å². The van der Waals surface area contributed by atoms with Crippen LogP contribution >= 0.6 is 0 Å². The monoisotopic (exact) mass is 477 g/mol. The first kappa shape index (κ1) is 24.9. The number of fused-ring (bicyclic) bond motifs is 1. The van der Waals surface area contributed by atoms with Gasteiger partial charge in [0.05, 0.1) is 19.2 Å². The van der Waals surface area contributed by atoms with Crippen molar-refractivity contribution in [1.82, 2.24) is 14.8 Å². The van der Waals surface area contributed by atoms with E-state index in [1.165, 1.54) is 12.0 Å². The van der Waals surface area contributed by atoms with Crippen LogP contribution in [0.1, 0.15) is 65.8 Å². The van der Waals surface area contributed by atoms with Gasteiger partial charge >= 0.3 is 0 Å². The van der Waals surface area contributed by atoms with Crippen molar-refractivity contribution in [2.45, 2.75) is 51.7 Å². The molecule has 0 bridgehead atoms. The molecule has 4 rings (SSSR count). The number of pyridine rings is 1. The van der Waals surface area contributed by atoms with Crippen LogP contribution in [0.5, 0.6) is 5.88 Å². The SMILES string of the molecule is C[C@H]1CN([C@@H](C)CO)C(=O)c2cc(C3=CCCCC3)cnc2O[C@H]1CN(C)C(=O)c1ccccc1. The second-order valence-electron chi connectivity index (χ2n) is 9.73. The molecule has 0 fully saturated rings. The van der Waals surface area contributed by atoms with Crippen LogP contribution in [0.15, 0.2) is 48.7 Å². The van der Waals surface area contributed by atoms with Crippen molar-refractivity contribution in [3.05, 3.63) is 65.4 Å². The molecule has 1 aromatic heterocycles. The van der Waals surface area contributed by atoms with Crippen LogP contribution in [-0.4, -0.2) is 70.6 Å². The van der Waals surface area contributed by atoms with Crippen LogP contribution in [0.25, 0.3) is 5.57 Å². The van der Waals surface area contributed by atoms with Crippen molar-refractivity contribution >= 4 is 17.4 Å². The third-order valence-corrected chi connectivity index (χ3v) is 7.00. The fraction of sp³-hybridized carbons (Fsp3) is 0.464. The minimum absolute atomic E-state index is 0.0883. The van der Waals surface area contributed by atoms with Crippen LogP contribution in [0.3, 0.4) is 0 Å². The van der Waals surface area contributed by atoms with Gasteiger partial charge in [0.2, 0.25) is 5.88 Å². The van der Waals surface area contributed by atoms with Gasteiger partial charge in [0.1, 0.15) is 11.7 Å². The van der Waals surface area contributed by atoms with Gasteiger partial charge in [0.25, 0.3) is 11.8 Å². The molecule has 1 aliphatic heterocycles. The summed E-state index contributed by atoms with van der Waals surface area (Å²) in [7, 11) is 1.76. The maximum Gasteiger partial charge on any atom is 0.259 e. The fourth-order valence-corrected chi connectivity index (χ4v) is 4.75. The Bertz CT molecular complexity index is 1080. The average Bonchev–Trinajstić information content (AvgIpc) is 2.90. The molecule has 1 N–H and O–H groups in total. The molecular weight excluding hydrogens is 442 g/mol. The molecule has 2 heterocycles. The number of hydrogen-bond acceptors (Lipinski definition) is 5. The molecule has 2 aliphatic rings. The molecule has 0 spiro atoms. The minimum Gasteiger partial charge on any atom is -0.472 e. The zero-order chi connectivity index (χ0) is 24.9. The lowest BCUT2D eigenvalue weighted by Crippen LogP contribution is -2.50. The number of aliphatic hydroxyl groups excluding tert-OH is 1. The first-order valence-corrected chi connectivity index (χ1v) is 12.5. The van der Waals surface area contributed by atoms with E-state index in [-0.39, 0.29) is 42.4 Å². The molecule has 2 aromatic rings. The van der Waals surface area contributed by atoms with Gasteiger partial charge < -0.3 is 19.6 Å². The van der Waals surface area contributed by atoms with Crippen molar-refractivity contribution in [2.24, 2.45) is 5.92 Å². The number of rotatable bonds is 6. The van der Waals surface area contributed by atoms with Gasteiger partial charge in [-0.1, -0.05) is 31.2 Å². The summed E-state index contributed by atoms with van der Waals surface area (Å²) in [6.45, 7) is 4.46. The largest absolute Gasteiger partial charge is 0.472 e. The molecule has 0 radical (unpaired) electrons. The standard InChI is InChI=1S/C28H35N3O4/c1-19-16-31(20(2)18-32)28(34)24-14-23(21-10-6-4-7-11-21)15-29-26(24)35-25(19)17-30(3)27(33)22-12-8-5-9-13-22/h5,8-10,12-15,19-20,25,32H,4,6-7,11,16-18H2,1-3H3/t19-,20-,25-/m0/s1. The molecule has 1 aliphatic carbocycles. The predicted molar refractivity (Wildman–Crippen MR) is 135 cm³/mol. The lowest BCUT2D eigenvalue weighted by Gasteiger charge is -2.37. The van der Waals surface area contributed by atoms with Gasteiger partial charge in [-0.05, 0) is 61.9 Å². The van der Waals surface area contributed by atoms with Gasteiger partial charge in [-0.25, -0.2) is 4.98 Å². The number of amides is 2. The zero-order valence-electron chi connectivity index (χ0n) is 20.8. The van der Waals surface area contributed by atoms with E-state index in [4.69, 9.17) is 4.74 Å². The maximum absolute atomic E-state index is 13.6. The van der Waals surface area contributed by atoms with Crippen molar-refractivity contribution in [2.75, 3.05) is 26.7 Å². The molecule has 2 amide bonds. The summed E-state index contributed by atoms with van der Waals surface area (Å²) in [6.07, 6.45) is 7.95. The molecule has 1 aromatic carbocycles. The van der Waals surface area contributed by atoms with Crippen LogP contribution in [0.4, 0.5) is 0 Å². The van der Waals surface area contributed by atoms with Crippen molar-refractivity contribution in [1.29, 1.82) is 0 Å². The Labute approximate surface area is 207 Å². The smallest absolute Gasteiger partial charge is 0.259 e. The molecule has 3 atom stereocenters. The predicted octanol–water partition coefficient (Wildman–Crippen LogP) is 4.03. The molecule has 186 valence electrons. The number of aliphatic hydroxyl groups is 1. The van der Waals surface area contributed by atoms with E-state index in [0.717, 1.165) is 24.8 Å². The Morgan fingerprint density at radius 1 is 1.29 bits per heavy atom. The number of likely N-dealkylation sites (N-methyl/N-ethyl adjacent to an activating group) is 1. The highest BCUT2D eigenvalue weighted by atomic mass is 16.5. The zero-order valence-corrected chi connectivity index (χ0v) is 20.8. The van der Waals surface area contributed by atoms with E-state index in [1.807, 2.05) is 38.1 Å². The fourth-order valence-electron chi connectivity index (χ4n) is 4.75. The normalized spacial score (nSPS) is 21.2. The molecule has 7 nitrogen and oxygen atoms in total. The van der Waals surface area contributed by atoms with Crippen LogP contribution in [-0.2, 0) is 0 Å². The summed E-state index contributed by atoms with van der Waals surface area (Å²) in [4.78, 5) is 34.5. The highest BCUT2D eigenvalue weighted by molar-refractivity contribution is 5.97. The van der Waals surface area contributed by atoms with E-state index in [2.05, 4.69) is 11.1 Å². The van der Waals surface area contributed by atoms with Crippen molar-refractivity contribution in [3.8, 4) is 5.88 Å². The molecule has 35 heavy (non-hydrogen) atoms. The van der Waals surface area contributed by atoms with E-state index < -0.39 is 0 Å². The lowest BCUT2D eigenvalue weighted by molar-refractivity contribution is 0.0313. The molecule has 7 heteroatoms. The summed E-state index contributed by atoms with van der Waals surface area (Å²) in [5.74, 6) is -0.0868. The van der Waals surface area contributed by atoms with E-state index >= 15 is 0 Å². The van der Waals surface area contributed by atoms with E-state index in [0.29, 0.717) is 24.2 Å². The molecule has 0 saturated heterocycles. The van der Waals surface area contributed by atoms with Gasteiger partial charge in [-0.3, -0.25) is 9.59 Å². The first-order chi connectivity index (χ1) is 16.9. The maximum atomic E-state index is 13.6. The minimum atomic E-state index is -0.375. The van der Waals surface area contributed by atoms with Gasteiger partial charge in [-0.2, -0.15) is 0 Å². The van der Waals surface area contributed by atoms with Gasteiger partial charge in [0.15, 0.2) is 0 Å². The molecule has 0 unspecified atom stereocenters. The summed E-state index contributed by atoms with van der Waals surface area (Å²) < 4.78 is 6.35. The summed E-state index contributed by atoms with van der Waals surface area (Å²) in [5.41, 5.74) is 3.17. The summed E-state index contributed by atoms with van der Waals surface area (Å²) in [5, 5.41) is 9.87. The Balaban J connectivity index is 1.66. The van der Waals surface area contributed by atoms with Crippen LogP contribution in [0.2, 0.25) is 0 Å². The number of nitrogens with zero attached hydrogens (tertiary/aromatic N) is 3. The Kier molecular flexibility index (Phi) is 7.86. The van der Waals surface area contributed by atoms with Crippen molar-refractivity contribution in [3.63, 3.8) is 0 Å². The highest BCUT2D eigenvalue weighted by Gasteiger charge is 2.35. The van der Waals surface area contributed by atoms with E-state index in [1.54, 1.807) is 35.2 Å². The third kappa shape index (κ3) is 5.56. The summed E-state index contributed by atoms with van der Waals surface area (Å²) in [6, 6.07) is 10.7. The molecule has 0 saturated carbocycles. The first-order valence-electron chi connectivity index (χ1n) is 12.5. The third-order valence-electron chi connectivity index (χ3n) is 7.00. The lowest BCUT2D eigenvalue weighted by atomic mass is 9.93. The summed E-state index contributed by atoms with van der Waals surface area (Å²) >= 11 is 0. The Morgan fingerprint density at radius 2 is 2.06 bits per heavy atom. The average molecular weight is 478 g/mol. The van der Waals surface area contributed by atoms with Gasteiger partial charge in [-0.15, -0.1) is 0 Å². The quantitative estimate of drug-likeness (QED) is 0.679. The Morgan fingerprint density at radius 3 is 2.74 bits per heavy atom. The number of ether oxygens (including phenoxy) is 1. The second kappa shape index (κ2) is 11.0. The van der Waals surface area contributed by atoms with Gasteiger partial charge in [0, 0.05) is 31.3 Å². The number of carbonyl (C=O) groups is 2. The van der Waals surface area contributed by atoms with Crippen LogP contribution < -0.4 is 4.74 Å². The number of benzene rings is 1. The number of aromatic nitrogens is 1. The number of carbonyl (C=O) groups excluding carboxylic acids is 2. The number of allylic oxidation sites excluding steroid dienone is 2. The van der Waals surface area contributed by atoms with E-state index in [9.17, 15) is 14.7 Å². The highest BCUT2D eigenvalue weighted by Crippen LogP contribution is 2.32.